The number of imidazole rings is 1. The number of halogens is 2. The molecule has 184 valence electrons. The highest BCUT2D eigenvalue weighted by Crippen LogP contribution is 2.49. The number of benzene rings is 1. The van der Waals surface area contributed by atoms with Crippen molar-refractivity contribution in [2.45, 2.75) is 49.3 Å². The van der Waals surface area contributed by atoms with Gasteiger partial charge in [-0.05, 0) is 44.4 Å². The van der Waals surface area contributed by atoms with E-state index in [-0.39, 0.29) is 42.7 Å². The fourth-order valence-electron chi connectivity index (χ4n) is 4.17. The molecule has 2 aliphatic rings. The molecule has 2 heterocycles. The Bertz CT molecular complexity index is 1260. The average Bonchev–Trinajstić information content (AvgIpc) is 3.46. The number of aromatic nitrogens is 2. The number of fused-ring (bicyclic) bond motifs is 1. The Balaban J connectivity index is 1.46. The van der Waals surface area contributed by atoms with Gasteiger partial charge in [-0.3, -0.25) is 9.59 Å². The van der Waals surface area contributed by atoms with Gasteiger partial charge in [0.2, 0.25) is 0 Å². The van der Waals surface area contributed by atoms with Gasteiger partial charge in [0.1, 0.15) is 11.5 Å². The molecule has 34 heavy (non-hydrogen) atoms. The molecule has 0 unspecified atom stereocenters. The number of carbonyl (C=O) groups excluding carboxylic acids is 2. The number of aliphatic hydroxyl groups excluding tert-OH is 1. The molecule has 1 aliphatic heterocycles. The molecule has 2 amide bonds. The Morgan fingerprint density at radius 2 is 2.03 bits per heavy atom. The number of rotatable bonds is 8. The fourth-order valence-corrected chi connectivity index (χ4v) is 6.60. The van der Waals surface area contributed by atoms with Gasteiger partial charge < -0.3 is 19.9 Å². The van der Waals surface area contributed by atoms with Crippen LogP contribution in [0.15, 0.2) is 24.4 Å². The minimum atomic E-state index is -3.69. The Morgan fingerprint density at radius 3 is 2.65 bits per heavy atom. The predicted molar refractivity (Wildman–Crippen MR) is 123 cm³/mol. The topological polar surface area (TPSA) is 122 Å². The van der Waals surface area contributed by atoms with Gasteiger partial charge in [0, 0.05) is 26.2 Å². The zero-order valence-electron chi connectivity index (χ0n) is 18.8. The van der Waals surface area contributed by atoms with Crippen molar-refractivity contribution in [2.75, 3.05) is 19.7 Å². The molecule has 2 aromatic rings. The van der Waals surface area contributed by atoms with Crippen LogP contribution in [0.3, 0.4) is 0 Å². The summed E-state index contributed by atoms with van der Waals surface area (Å²) >= 11 is 5.67. The summed E-state index contributed by atoms with van der Waals surface area (Å²) in [5, 5.41) is 12.2. The Morgan fingerprint density at radius 1 is 1.32 bits per heavy atom. The molecule has 0 radical (unpaired) electrons. The zero-order chi connectivity index (χ0) is 24.9. The van der Waals surface area contributed by atoms with Crippen LogP contribution < -0.4 is 5.32 Å². The van der Waals surface area contributed by atoms with Gasteiger partial charge in [-0.15, -0.1) is 0 Å². The molecule has 0 saturated heterocycles. The molecular formula is C22H26ClFN4O5S. The van der Waals surface area contributed by atoms with E-state index in [2.05, 4.69) is 10.3 Å². The lowest BCUT2D eigenvalue weighted by Crippen LogP contribution is -2.52. The van der Waals surface area contributed by atoms with Crippen LogP contribution in [0, 0.1) is 5.82 Å². The lowest BCUT2D eigenvalue weighted by molar-refractivity contribution is 0.0697. The van der Waals surface area contributed by atoms with Crippen LogP contribution >= 0.6 is 11.6 Å². The van der Waals surface area contributed by atoms with Gasteiger partial charge in [0.25, 0.3) is 11.8 Å². The maximum atomic E-state index is 13.6. The fraction of sp³-hybridized carbons (Fsp3) is 0.500. The molecular weight excluding hydrogens is 487 g/mol. The maximum absolute atomic E-state index is 13.6. The third-order valence-corrected chi connectivity index (χ3v) is 10.1. The van der Waals surface area contributed by atoms with Crippen molar-refractivity contribution in [3.63, 3.8) is 0 Å². The minimum Gasteiger partial charge on any atom is -0.395 e. The summed E-state index contributed by atoms with van der Waals surface area (Å²) < 4.78 is 39.0. The van der Waals surface area contributed by atoms with Crippen molar-refractivity contribution in [1.82, 2.24) is 19.8 Å². The third-order valence-electron chi connectivity index (χ3n) is 6.56. The molecule has 0 atom stereocenters. The van der Waals surface area contributed by atoms with Crippen molar-refractivity contribution in [3.05, 3.63) is 52.3 Å². The molecule has 1 aliphatic carbocycles. The summed E-state index contributed by atoms with van der Waals surface area (Å²) in [5.74, 6) is -1.46. The summed E-state index contributed by atoms with van der Waals surface area (Å²) in [7, 11) is -3.69. The van der Waals surface area contributed by atoms with Crippen LogP contribution in [0.5, 0.6) is 0 Å². The van der Waals surface area contributed by atoms with Crippen molar-refractivity contribution >= 4 is 33.3 Å². The number of carbonyl (C=O) groups is 2. The van der Waals surface area contributed by atoms with Crippen LogP contribution in [0.4, 0.5) is 4.39 Å². The largest absolute Gasteiger partial charge is 0.395 e. The third kappa shape index (κ3) is 4.09. The van der Waals surface area contributed by atoms with E-state index >= 15 is 0 Å². The first-order valence-electron chi connectivity index (χ1n) is 10.8. The quantitative estimate of drug-likeness (QED) is 0.556. The molecule has 0 bridgehead atoms. The summed E-state index contributed by atoms with van der Waals surface area (Å²) in [5.41, 5.74) is 0.716. The normalized spacial score (nSPS) is 17.4. The highest BCUT2D eigenvalue weighted by atomic mass is 35.5. The smallest absolute Gasteiger partial charge is 0.287 e. The van der Waals surface area contributed by atoms with Crippen LogP contribution in [0.1, 0.15) is 53.4 Å². The Kier molecular flexibility index (Phi) is 6.24. The number of hydrogen-bond acceptors (Lipinski definition) is 6. The second-order valence-electron chi connectivity index (χ2n) is 9.38. The van der Waals surface area contributed by atoms with Gasteiger partial charge in [-0.25, -0.2) is 17.8 Å². The van der Waals surface area contributed by atoms with E-state index in [0.29, 0.717) is 18.4 Å². The lowest BCUT2D eigenvalue weighted by atomic mass is 10.2. The number of hydrogen-bond donors (Lipinski definition) is 2. The summed E-state index contributed by atoms with van der Waals surface area (Å²) in [6.07, 6.45) is 2.17. The van der Waals surface area contributed by atoms with Gasteiger partial charge in [0.15, 0.2) is 15.7 Å². The van der Waals surface area contributed by atoms with Crippen LogP contribution in [0.25, 0.3) is 0 Å². The van der Waals surface area contributed by atoms with Crippen molar-refractivity contribution in [2.24, 2.45) is 0 Å². The average molecular weight is 513 g/mol. The molecule has 9 nitrogen and oxygen atoms in total. The molecule has 1 aromatic heterocycles. The minimum absolute atomic E-state index is 0.0128. The highest BCUT2D eigenvalue weighted by molar-refractivity contribution is 7.94. The van der Waals surface area contributed by atoms with Crippen molar-refractivity contribution < 1.29 is 27.5 Å². The Labute approximate surface area is 201 Å². The van der Waals surface area contributed by atoms with E-state index in [1.165, 1.54) is 41.6 Å². The molecule has 12 heteroatoms. The molecule has 4 rings (SSSR count). The number of sulfone groups is 1. The van der Waals surface area contributed by atoms with E-state index in [9.17, 15) is 27.5 Å². The molecule has 1 fully saturated rings. The highest BCUT2D eigenvalue weighted by Gasteiger charge is 2.60. The summed E-state index contributed by atoms with van der Waals surface area (Å²) in [6, 6.07) is 4.22. The van der Waals surface area contributed by atoms with E-state index in [1.807, 2.05) is 0 Å². The van der Waals surface area contributed by atoms with E-state index in [4.69, 9.17) is 11.6 Å². The van der Waals surface area contributed by atoms with E-state index in [0.717, 1.165) is 0 Å². The van der Waals surface area contributed by atoms with Gasteiger partial charge in [0.05, 0.1) is 27.3 Å². The standard InChI is InChI=1S/C22H26ClFN4O5S/c1-21(2,13-29)34(32,33)22(5-6-22)12-27-7-8-28-17(20(27)31)11-25-18(28)19(30)26-10-14-3-4-15(23)16(24)9-14/h3-4,9,11,29H,5-8,10,12-13H2,1-2H3,(H,26,30). The van der Waals surface area contributed by atoms with Crippen LogP contribution in [-0.4, -0.2) is 69.0 Å². The maximum Gasteiger partial charge on any atom is 0.287 e. The SMILES string of the molecule is CC(C)(CO)S(=O)(=O)C1(CN2CCn3c(cnc3C(=O)NCc3ccc(Cl)c(F)c3)C2=O)CC1. The first-order chi connectivity index (χ1) is 15.9. The molecule has 1 saturated carbocycles. The predicted octanol–water partition coefficient (Wildman–Crippen LogP) is 1.78. The molecule has 0 spiro atoms. The first-order valence-corrected chi connectivity index (χ1v) is 12.7. The van der Waals surface area contributed by atoms with Gasteiger partial charge >= 0.3 is 0 Å². The summed E-state index contributed by atoms with van der Waals surface area (Å²) in [4.78, 5) is 31.3. The number of aliphatic hydroxyl groups is 1. The van der Waals surface area contributed by atoms with E-state index in [1.54, 1.807) is 6.07 Å². The van der Waals surface area contributed by atoms with Crippen LogP contribution in [0.2, 0.25) is 5.02 Å². The van der Waals surface area contributed by atoms with Crippen molar-refractivity contribution in [1.29, 1.82) is 0 Å². The first kappa shape index (κ1) is 24.6. The second kappa shape index (κ2) is 8.62. The van der Waals surface area contributed by atoms with Crippen molar-refractivity contribution in [3.8, 4) is 0 Å². The summed E-state index contributed by atoms with van der Waals surface area (Å²) in [6.45, 7) is 3.06. The van der Waals surface area contributed by atoms with Gasteiger partial charge in [-0.2, -0.15) is 0 Å². The molecule has 2 N–H and O–H groups in total. The monoisotopic (exact) mass is 512 g/mol. The van der Waals surface area contributed by atoms with Gasteiger partial charge in [-0.1, -0.05) is 17.7 Å². The molecule has 1 aromatic carbocycles. The number of nitrogens with zero attached hydrogens (tertiary/aromatic N) is 3. The second-order valence-corrected chi connectivity index (χ2v) is 12.8. The number of nitrogens with one attached hydrogen (secondary N) is 1. The van der Waals surface area contributed by atoms with E-state index < -0.39 is 43.6 Å². The van der Waals surface area contributed by atoms with Crippen LogP contribution in [-0.2, 0) is 22.9 Å². The number of amides is 2. The zero-order valence-corrected chi connectivity index (χ0v) is 20.4. The lowest BCUT2D eigenvalue weighted by Gasteiger charge is -2.35. The Hall–Kier alpha value is -2.50.